The van der Waals surface area contributed by atoms with Crippen LogP contribution in [0.25, 0.3) is 0 Å². The van der Waals surface area contributed by atoms with Gasteiger partial charge in [-0.3, -0.25) is 0 Å². The maximum Gasteiger partial charge on any atom is 0.396 e. The summed E-state index contributed by atoms with van der Waals surface area (Å²) in [7, 11) is 0. The minimum Gasteiger partial charge on any atom is -0.459 e. The van der Waals surface area contributed by atoms with E-state index in [-0.39, 0.29) is 23.0 Å². The largest absolute Gasteiger partial charge is 0.459 e. The fraction of sp³-hybridized carbons (Fsp3) is 0.500. The highest BCUT2D eigenvalue weighted by Crippen LogP contribution is 2.21. The average molecular weight is 227 g/mol. The number of hydrogen-bond donors (Lipinski definition) is 0. The predicted octanol–water partition coefficient (Wildman–Crippen LogP) is 1.25. The Bertz CT molecular complexity index is 385. The van der Waals surface area contributed by atoms with Crippen molar-refractivity contribution < 1.29 is 13.9 Å². The molecule has 0 aromatic carbocycles. The molecule has 0 spiro atoms. The zero-order valence-corrected chi connectivity index (χ0v) is 9.08. The molecular formula is C8H9N3O3S. The first-order chi connectivity index (χ1) is 7.17. The molecule has 6 nitrogen and oxygen atoms in total. The first-order valence-electron chi connectivity index (χ1n) is 4.24. The summed E-state index contributed by atoms with van der Waals surface area (Å²) in [6, 6.07) is 2.00. The molecule has 0 N–H and O–H groups in total. The van der Waals surface area contributed by atoms with E-state index >= 15 is 0 Å². The van der Waals surface area contributed by atoms with E-state index in [1.165, 1.54) is 0 Å². The molecule has 0 aliphatic heterocycles. The molecule has 0 radical (unpaired) electrons. The molecule has 1 aromatic heterocycles. The van der Waals surface area contributed by atoms with Crippen molar-refractivity contribution in [2.75, 3.05) is 6.61 Å². The number of rotatable bonds is 4. The summed E-state index contributed by atoms with van der Waals surface area (Å²) in [4.78, 5) is 11.1. The lowest BCUT2D eigenvalue weighted by molar-refractivity contribution is 0.0475. The molecule has 0 saturated heterocycles. The van der Waals surface area contributed by atoms with E-state index in [4.69, 9.17) is 9.68 Å². The maximum atomic E-state index is 11.1. The van der Waals surface area contributed by atoms with E-state index in [1.54, 1.807) is 13.8 Å². The zero-order chi connectivity index (χ0) is 11.3. The summed E-state index contributed by atoms with van der Waals surface area (Å²) in [6.45, 7) is 3.62. The molecule has 0 aliphatic rings. The van der Waals surface area contributed by atoms with Gasteiger partial charge in [-0.1, -0.05) is 5.10 Å². The Kier molecular flexibility index (Phi) is 4.12. The molecule has 7 heteroatoms. The fourth-order valence-electron chi connectivity index (χ4n) is 0.710. The van der Waals surface area contributed by atoms with Gasteiger partial charge in [0.2, 0.25) is 0 Å². The Morgan fingerprint density at radius 2 is 2.47 bits per heavy atom. The smallest absolute Gasteiger partial charge is 0.396 e. The van der Waals surface area contributed by atoms with Gasteiger partial charge in [-0.25, -0.2) is 4.79 Å². The lowest BCUT2D eigenvalue weighted by atomic mass is 10.5. The van der Waals surface area contributed by atoms with E-state index in [0.717, 1.165) is 11.8 Å². The maximum absolute atomic E-state index is 11.1. The number of nitrogens with zero attached hydrogens (tertiary/aromatic N) is 3. The number of aromatic nitrogens is 2. The highest BCUT2D eigenvalue weighted by molar-refractivity contribution is 7.99. The molecular weight excluding hydrogens is 218 g/mol. The molecule has 1 aromatic rings. The average Bonchev–Trinajstić information content (AvgIpc) is 2.66. The second kappa shape index (κ2) is 5.36. The monoisotopic (exact) mass is 227 g/mol. The van der Waals surface area contributed by atoms with Crippen molar-refractivity contribution in [1.29, 1.82) is 5.26 Å². The second-order valence-corrected chi connectivity index (χ2v) is 3.77. The number of carbonyl (C=O) groups is 1. The molecule has 0 bridgehead atoms. The number of nitriles is 1. The molecule has 15 heavy (non-hydrogen) atoms. The van der Waals surface area contributed by atoms with Gasteiger partial charge in [-0.05, 0) is 25.6 Å². The SMILES string of the molecule is CCOC(=O)c1nnc(SC(C)C#N)o1. The highest BCUT2D eigenvalue weighted by Gasteiger charge is 2.17. The minimum atomic E-state index is -0.651. The van der Waals surface area contributed by atoms with Crippen LogP contribution >= 0.6 is 11.8 Å². The fourth-order valence-corrected chi connectivity index (χ4v) is 1.28. The molecule has 0 fully saturated rings. The van der Waals surface area contributed by atoms with E-state index in [9.17, 15) is 4.79 Å². The Balaban J connectivity index is 2.64. The summed E-state index contributed by atoms with van der Waals surface area (Å²) in [6.07, 6.45) is 0. The number of thioether (sulfide) groups is 1. The van der Waals surface area contributed by atoms with Crippen molar-refractivity contribution in [2.45, 2.75) is 24.3 Å². The van der Waals surface area contributed by atoms with Crippen molar-refractivity contribution >= 4 is 17.7 Å². The number of carbonyl (C=O) groups excluding carboxylic acids is 1. The minimum absolute atomic E-state index is 0.187. The summed E-state index contributed by atoms with van der Waals surface area (Å²) >= 11 is 1.09. The van der Waals surface area contributed by atoms with Crippen molar-refractivity contribution in [3.63, 3.8) is 0 Å². The quantitative estimate of drug-likeness (QED) is 0.564. The first kappa shape index (κ1) is 11.5. The van der Waals surface area contributed by atoms with Crippen LogP contribution in [0.4, 0.5) is 0 Å². The first-order valence-corrected chi connectivity index (χ1v) is 5.12. The van der Waals surface area contributed by atoms with E-state index < -0.39 is 5.97 Å². The third kappa shape index (κ3) is 3.25. The van der Waals surface area contributed by atoms with Crippen LogP contribution in [-0.2, 0) is 4.74 Å². The van der Waals surface area contributed by atoms with Gasteiger partial charge >= 0.3 is 11.9 Å². The Hall–Kier alpha value is -1.55. The molecule has 1 atom stereocenters. The lowest BCUT2D eigenvalue weighted by Gasteiger charge is -1.95. The topological polar surface area (TPSA) is 89.0 Å². The van der Waals surface area contributed by atoms with E-state index in [2.05, 4.69) is 14.9 Å². The molecule has 0 aliphatic carbocycles. The van der Waals surface area contributed by atoms with Gasteiger partial charge in [-0.15, -0.1) is 5.10 Å². The van der Waals surface area contributed by atoms with Crippen molar-refractivity contribution in [1.82, 2.24) is 10.2 Å². The van der Waals surface area contributed by atoms with Gasteiger partial charge in [0.1, 0.15) is 0 Å². The Morgan fingerprint density at radius 1 is 1.73 bits per heavy atom. The van der Waals surface area contributed by atoms with E-state index in [0.29, 0.717) is 0 Å². The van der Waals surface area contributed by atoms with Crippen molar-refractivity contribution in [3.05, 3.63) is 5.89 Å². The van der Waals surface area contributed by atoms with Gasteiger partial charge in [0.05, 0.1) is 17.9 Å². The van der Waals surface area contributed by atoms with Crippen LogP contribution in [0.1, 0.15) is 24.5 Å². The molecule has 1 heterocycles. The molecule has 0 saturated carbocycles. The van der Waals surface area contributed by atoms with Crippen LogP contribution in [0.2, 0.25) is 0 Å². The van der Waals surface area contributed by atoms with Gasteiger partial charge in [0, 0.05) is 0 Å². The lowest BCUT2D eigenvalue weighted by Crippen LogP contribution is -2.04. The van der Waals surface area contributed by atoms with Gasteiger partial charge in [0.15, 0.2) is 0 Å². The van der Waals surface area contributed by atoms with Crippen LogP contribution in [-0.4, -0.2) is 28.0 Å². The molecule has 0 amide bonds. The van der Waals surface area contributed by atoms with Crippen LogP contribution in [0.5, 0.6) is 0 Å². The van der Waals surface area contributed by atoms with Crippen LogP contribution < -0.4 is 0 Å². The normalized spacial score (nSPS) is 11.8. The third-order valence-corrected chi connectivity index (χ3v) is 2.14. The third-order valence-electron chi connectivity index (χ3n) is 1.32. The van der Waals surface area contributed by atoms with Crippen molar-refractivity contribution in [3.8, 4) is 6.07 Å². The summed E-state index contributed by atoms with van der Waals surface area (Å²) in [5.41, 5.74) is 0. The van der Waals surface area contributed by atoms with E-state index in [1.807, 2.05) is 6.07 Å². The number of ether oxygens (including phenoxy) is 1. The Morgan fingerprint density at radius 3 is 3.07 bits per heavy atom. The van der Waals surface area contributed by atoms with Crippen LogP contribution in [0.3, 0.4) is 0 Å². The molecule has 80 valence electrons. The standard InChI is InChI=1S/C8H9N3O3S/c1-3-13-7(12)6-10-11-8(14-6)15-5(2)4-9/h5H,3H2,1-2H3. The number of esters is 1. The molecule has 1 rings (SSSR count). The summed E-state index contributed by atoms with van der Waals surface area (Å²) < 4.78 is 9.65. The van der Waals surface area contributed by atoms with Gasteiger partial charge in [-0.2, -0.15) is 5.26 Å². The van der Waals surface area contributed by atoms with Gasteiger partial charge < -0.3 is 9.15 Å². The number of hydrogen-bond acceptors (Lipinski definition) is 7. The molecule has 1 unspecified atom stereocenters. The van der Waals surface area contributed by atoms with Crippen LogP contribution in [0.15, 0.2) is 9.64 Å². The van der Waals surface area contributed by atoms with Crippen molar-refractivity contribution in [2.24, 2.45) is 0 Å². The van der Waals surface area contributed by atoms with Crippen LogP contribution in [0, 0.1) is 11.3 Å². The zero-order valence-electron chi connectivity index (χ0n) is 8.26. The summed E-state index contributed by atoms with van der Waals surface area (Å²) in [5.74, 6) is -0.842. The highest BCUT2D eigenvalue weighted by atomic mass is 32.2. The Labute approximate surface area is 90.6 Å². The second-order valence-electron chi connectivity index (χ2n) is 2.48. The van der Waals surface area contributed by atoms with Gasteiger partial charge in [0.25, 0.3) is 5.22 Å². The summed E-state index contributed by atoms with van der Waals surface area (Å²) in [5, 5.41) is 15.5. The predicted molar refractivity (Wildman–Crippen MR) is 51.2 cm³/mol.